The van der Waals surface area contributed by atoms with Gasteiger partial charge in [0.15, 0.2) is 14.9 Å². The van der Waals surface area contributed by atoms with E-state index < -0.39 is 9.84 Å². The minimum atomic E-state index is -3.41. The number of aromatic nitrogens is 2. The third kappa shape index (κ3) is 6.04. The first-order valence-electron chi connectivity index (χ1n) is 11.4. The number of aromatic amines is 1. The number of rotatable bonds is 10. The smallest absolute Gasteiger partial charge is 0.233 e. The first kappa shape index (κ1) is 25.7. The zero-order valence-corrected chi connectivity index (χ0v) is 21.3. The van der Waals surface area contributed by atoms with Crippen LogP contribution in [0.5, 0.6) is 17.2 Å². The molecule has 0 saturated carbocycles. The van der Waals surface area contributed by atoms with E-state index in [1.807, 2.05) is 38.1 Å². The molecule has 192 valence electrons. The quantitative estimate of drug-likeness (QED) is 0.421. The number of ether oxygens (including phenoxy) is 4. The van der Waals surface area contributed by atoms with Crippen LogP contribution in [0.25, 0.3) is 11.3 Å². The number of aliphatic hydroxyl groups excluding tert-OH is 1. The van der Waals surface area contributed by atoms with E-state index in [-0.39, 0.29) is 29.9 Å². The van der Waals surface area contributed by atoms with Crippen LogP contribution in [-0.4, -0.2) is 74.2 Å². The maximum atomic E-state index is 11.7. The van der Waals surface area contributed by atoms with Gasteiger partial charge in [0.05, 0.1) is 25.5 Å². The predicted molar refractivity (Wildman–Crippen MR) is 134 cm³/mol. The van der Waals surface area contributed by atoms with Gasteiger partial charge in [0, 0.05) is 30.7 Å². The van der Waals surface area contributed by atoms with Crippen LogP contribution in [0.15, 0.2) is 58.7 Å². The molecule has 1 unspecified atom stereocenters. The molecule has 2 N–H and O–H groups in total. The van der Waals surface area contributed by atoms with E-state index in [9.17, 15) is 13.5 Å². The predicted octanol–water partition coefficient (Wildman–Crippen LogP) is 3.21. The van der Waals surface area contributed by atoms with Gasteiger partial charge in [0.25, 0.3) is 0 Å². The first-order valence-corrected chi connectivity index (χ1v) is 13.2. The maximum absolute atomic E-state index is 11.7. The largest absolute Gasteiger partial charge is 0.488 e. The lowest BCUT2D eigenvalue weighted by Gasteiger charge is -2.16. The van der Waals surface area contributed by atoms with Gasteiger partial charge >= 0.3 is 0 Å². The summed E-state index contributed by atoms with van der Waals surface area (Å²) >= 11 is 0. The molecule has 0 saturated heterocycles. The van der Waals surface area contributed by atoms with Gasteiger partial charge in [-0.3, -0.25) is 0 Å². The summed E-state index contributed by atoms with van der Waals surface area (Å²) in [5.74, 6) is 1.86. The molecule has 3 atom stereocenters. The van der Waals surface area contributed by atoms with Gasteiger partial charge < -0.3 is 29.0 Å². The number of nitrogens with one attached hydrogen (secondary N) is 1. The average Bonchev–Trinajstić information content (AvgIpc) is 3.45. The van der Waals surface area contributed by atoms with Crippen LogP contribution < -0.4 is 9.47 Å². The van der Waals surface area contributed by atoms with Crippen LogP contribution in [0, 0.1) is 0 Å². The Labute approximate surface area is 209 Å². The second kappa shape index (κ2) is 10.7. The molecule has 10 nitrogen and oxygen atoms in total. The molecule has 0 radical (unpaired) electrons. The molecule has 1 aromatic carbocycles. The van der Waals surface area contributed by atoms with Crippen molar-refractivity contribution in [1.82, 2.24) is 9.97 Å². The van der Waals surface area contributed by atoms with E-state index >= 15 is 0 Å². The summed E-state index contributed by atoms with van der Waals surface area (Å²) in [4.78, 5) is 11.8. The van der Waals surface area contributed by atoms with Crippen LogP contribution in [0.4, 0.5) is 0 Å². The zero-order valence-electron chi connectivity index (χ0n) is 20.5. The van der Waals surface area contributed by atoms with E-state index in [0.717, 1.165) is 17.5 Å². The number of sulfone groups is 1. The third-order valence-corrected chi connectivity index (χ3v) is 6.47. The van der Waals surface area contributed by atoms with Crippen LogP contribution in [0.3, 0.4) is 0 Å². The number of methoxy groups -OCH3 is 1. The lowest BCUT2D eigenvalue weighted by atomic mass is 10.1. The molecule has 0 aliphatic carbocycles. The number of H-pyrrole nitrogens is 1. The summed E-state index contributed by atoms with van der Waals surface area (Å²) in [5, 5.41) is 9.42. The number of hydrogen-bond acceptors (Lipinski definition) is 9. The van der Waals surface area contributed by atoms with E-state index in [1.165, 1.54) is 12.3 Å². The number of hydrogen-bond donors (Lipinski definition) is 2. The van der Waals surface area contributed by atoms with E-state index in [2.05, 4.69) is 15.0 Å². The topological polar surface area (TPSA) is 132 Å². The SMILES string of the molecule is COCC(C)Oc1cc(Oc2ccc(S(C)(=O)=O)nc2)cc(-c2ccc(C3=N[C@H](C)[C@H](CO)O3)[nH]2)c1. The van der Waals surface area contributed by atoms with Crippen LogP contribution >= 0.6 is 0 Å². The normalized spacial score (nSPS) is 18.4. The zero-order chi connectivity index (χ0) is 25.9. The van der Waals surface area contributed by atoms with Crippen molar-refractivity contribution in [2.75, 3.05) is 26.6 Å². The van der Waals surface area contributed by atoms with Crippen molar-refractivity contribution >= 4 is 15.7 Å². The Bertz CT molecular complexity index is 1340. The van der Waals surface area contributed by atoms with Gasteiger partial charge in [-0.1, -0.05) is 0 Å². The Morgan fingerprint density at radius 2 is 1.86 bits per heavy atom. The Balaban J connectivity index is 1.63. The minimum Gasteiger partial charge on any atom is -0.488 e. The van der Waals surface area contributed by atoms with Gasteiger partial charge in [0.1, 0.15) is 35.2 Å². The van der Waals surface area contributed by atoms with E-state index in [4.69, 9.17) is 18.9 Å². The van der Waals surface area contributed by atoms with E-state index in [0.29, 0.717) is 35.4 Å². The Morgan fingerprint density at radius 3 is 2.50 bits per heavy atom. The molecule has 0 spiro atoms. The molecule has 3 heterocycles. The van der Waals surface area contributed by atoms with Gasteiger partial charge in [0.2, 0.25) is 5.90 Å². The highest BCUT2D eigenvalue weighted by Crippen LogP contribution is 2.33. The monoisotopic (exact) mass is 515 g/mol. The van der Waals surface area contributed by atoms with Crippen LogP contribution in [0.2, 0.25) is 0 Å². The summed E-state index contributed by atoms with van der Waals surface area (Å²) in [6, 6.07) is 12.0. The maximum Gasteiger partial charge on any atom is 0.233 e. The molecular formula is C25H29N3O7S. The van der Waals surface area contributed by atoms with Crippen molar-refractivity contribution in [2.45, 2.75) is 37.1 Å². The summed E-state index contributed by atoms with van der Waals surface area (Å²) in [6.45, 7) is 4.08. The van der Waals surface area contributed by atoms with Gasteiger partial charge in [-0.15, -0.1) is 0 Å². The van der Waals surface area contributed by atoms with Gasteiger partial charge in [-0.2, -0.15) is 0 Å². The molecule has 11 heteroatoms. The third-order valence-electron chi connectivity index (χ3n) is 5.47. The number of nitrogens with zero attached hydrogens (tertiary/aromatic N) is 2. The minimum absolute atomic E-state index is 0.0327. The first-order chi connectivity index (χ1) is 17.2. The molecule has 2 aromatic heterocycles. The van der Waals surface area contributed by atoms with Crippen LogP contribution in [-0.2, 0) is 19.3 Å². The molecule has 0 fully saturated rings. The summed E-state index contributed by atoms with van der Waals surface area (Å²) in [7, 11) is -1.81. The molecular weight excluding hydrogens is 486 g/mol. The molecule has 4 rings (SSSR count). The Kier molecular flexibility index (Phi) is 7.62. The summed E-state index contributed by atoms with van der Waals surface area (Å²) < 4.78 is 46.3. The van der Waals surface area contributed by atoms with Crippen LogP contribution in [0.1, 0.15) is 19.5 Å². The number of pyridine rings is 1. The Hall–Kier alpha value is -3.41. The highest BCUT2D eigenvalue weighted by molar-refractivity contribution is 7.90. The second-order valence-corrected chi connectivity index (χ2v) is 10.5. The van der Waals surface area contributed by atoms with Gasteiger partial charge in [-0.25, -0.2) is 18.4 Å². The van der Waals surface area contributed by atoms with Crippen molar-refractivity contribution < 1.29 is 32.5 Å². The van der Waals surface area contributed by atoms with E-state index in [1.54, 1.807) is 19.2 Å². The fraction of sp³-hybridized carbons (Fsp3) is 0.360. The molecule has 1 aliphatic heterocycles. The highest BCUT2D eigenvalue weighted by atomic mass is 32.2. The summed E-state index contributed by atoms with van der Waals surface area (Å²) in [6.07, 6.45) is 1.89. The van der Waals surface area contributed by atoms with Crippen molar-refractivity contribution in [1.29, 1.82) is 0 Å². The number of aliphatic imine (C=N–C) groups is 1. The lowest BCUT2D eigenvalue weighted by Crippen LogP contribution is -2.24. The van der Waals surface area contributed by atoms with Crippen molar-refractivity contribution in [3.05, 3.63) is 54.4 Å². The highest BCUT2D eigenvalue weighted by Gasteiger charge is 2.28. The Morgan fingerprint density at radius 1 is 1.11 bits per heavy atom. The fourth-order valence-electron chi connectivity index (χ4n) is 3.69. The molecule has 3 aromatic rings. The number of benzene rings is 1. The van der Waals surface area contributed by atoms with Crippen molar-refractivity contribution in [3.8, 4) is 28.5 Å². The fourth-order valence-corrected chi connectivity index (χ4v) is 4.25. The molecule has 0 amide bonds. The average molecular weight is 516 g/mol. The standard InChI is InChI=1S/C25H29N3O7S/c1-15(14-32-3)33-19-9-17(21-6-7-22(28-21)25-27-16(2)23(13-29)35-25)10-20(11-19)34-18-5-8-24(26-12-18)36(4,30)31/h5-12,15-16,23,28-29H,13-14H2,1-4H3/t15?,16-,23+/m1/s1. The molecule has 1 aliphatic rings. The molecule has 36 heavy (non-hydrogen) atoms. The second-order valence-electron chi connectivity index (χ2n) is 8.58. The van der Waals surface area contributed by atoms with Crippen molar-refractivity contribution in [2.24, 2.45) is 4.99 Å². The summed E-state index contributed by atoms with van der Waals surface area (Å²) in [5.41, 5.74) is 2.25. The lowest BCUT2D eigenvalue weighted by molar-refractivity contribution is 0.0920. The van der Waals surface area contributed by atoms with Gasteiger partial charge in [-0.05, 0) is 50.2 Å². The molecule has 0 bridgehead atoms. The number of aliphatic hydroxyl groups is 1. The van der Waals surface area contributed by atoms with Crippen molar-refractivity contribution in [3.63, 3.8) is 0 Å².